The molecule has 0 atom stereocenters. The van der Waals surface area contributed by atoms with Crippen molar-refractivity contribution in [2.24, 2.45) is 4.99 Å². The molecular formula is C23H19NO2. The maximum Gasteiger partial charge on any atom is 0.137 e. The largest absolute Gasteiger partial charge is 0.508 e. The van der Waals surface area contributed by atoms with Crippen LogP contribution in [-0.4, -0.2) is 5.11 Å². The Balaban J connectivity index is 1.95. The van der Waals surface area contributed by atoms with Crippen molar-refractivity contribution in [1.82, 2.24) is 0 Å². The summed E-state index contributed by atoms with van der Waals surface area (Å²) in [5, 5.41) is 11.4. The molecule has 0 bridgehead atoms. The van der Waals surface area contributed by atoms with Crippen LogP contribution < -0.4 is 5.36 Å². The van der Waals surface area contributed by atoms with Crippen LogP contribution in [0.5, 0.6) is 5.75 Å². The smallest absolute Gasteiger partial charge is 0.137 e. The normalized spacial score (nSPS) is 11.8. The maximum absolute atomic E-state index is 9.89. The molecule has 0 fully saturated rings. The minimum Gasteiger partial charge on any atom is -0.508 e. The Hall–Kier alpha value is -3.33. The second-order valence-corrected chi connectivity index (χ2v) is 6.17. The highest BCUT2D eigenvalue weighted by atomic mass is 16.3. The number of rotatable bonds is 3. The van der Waals surface area contributed by atoms with Crippen molar-refractivity contribution < 1.29 is 9.52 Å². The quantitative estimate of drug-likeness (QED) is 0.527. The van der Waals surface area contributed by atoms with Crippen LogP contribution in [-0.2, 0) is 6.42 Å². The zero-order chi connectivity index (χ0) is 17.9. The number of hydrogen-bond donors (Lipinski definition) is 1. The molecule has 1 N–H and O–H groups in total. The standard InChI is InChI=1S/C23H19NO2/c1-2-16-8-10-18(11-9-16)24-21-15-23(17-6-4-3-5-7-17)26-22-13-12-19(25)14-20(21)22/h3-15,25H,2H2,1H3. The molecule has 1 aromatic heterocycles. The molecule has 4 rings (SSSR count). The highest BCUT2D eigenvalue weighted by molar-refractivity contribution is 5.80. The Labute approximate surface area is 151 Å². The van der Waals surface area contributed by atoms with Crippen molar-refractivity contribution in [1.29, 1.82) is 0 Å². The van der Waals surface area contributed by atoms with Gasteiger partial charge in [0.1, 0.15) is 17.1 Å². The summed E-state index contributed by atoms with van der Waals surface area (Å²) in [6.45, 7) is 2.13. The van der Waals surface area contributed by atoms with Crippen LogP contribution in [0.25, 0.3) is 22.3 Å². The molecule has 4 aromatic rings. The minimum atomic E-state index is 0.193. The lowest BCUT2D eigenvalue weighted by atomic mass is 10.1. The highest BCUT2D eigenvalue weighted by Gasteiger charge is 2.07. The van der Waals surface area contributed by atoms with E-state index in [9.17, 15) is 5.11 Å². The van der Waals surface area contributed by atoms with E-state index in [-0.39, 0.29) is 5.75 Å². The van der Waals surface area contributed by atoms with E-state index in [2.05, 4.69) is 19.1 Å². The van der Waals surface area contributed by atoms with E-state index < -0.39 is 0 Å². The molecule has 0 saturated carbocycles. The van der Waals surface area contributed by atoms with E-state index in [0.717, 1.165) is 34.2 Å². The van der Waals surface area contributed by atoms with Crippen LogP contribution in [0.15, 0.2) is 88.3 Å². The summed E-state index contributed by atoms with van der Waals surface area (Å²) in [5.74, 6) is 0.936. The van der Waals surface area contributed by atoms with Crippen molar-refractivity contribution in [3.05, 3.63) is 89.8 Å². The Morgan fingerprint density at radius 1 is 0.885 bits per heavy atom. The van der Waals surface area contributed by atoms with E-state index in [1.807, 2.05) is 48.5 Å². The average Bonchev–Trinajstić information content (AvgIpc) is 2.69. The van der Waals surface area contributed by atoms with Crippen LogP contribution in [0.1, 0.15) is 12.5 Å². The Kier molecular flexibility index (Phi) is 4.28. The minimum absolute atomic E-state index is 0.193. The lowest BCUT2D eigenvalue weighted by Crippen LogP contribution is -2.03. The molecule has 3 nitrogen and oxygen atoms in total. The highest BCUT2D eigenvalue weighted by Crippen LogP contribution is 2.24. The third kappa shape index (κ3) is 3.24. The fourth-order valence-corrected chi connectivity index (χ4v) is 2.94. The van der Waals surface area contributed by atoms with Gasteiger partial charge in [0, 0.05) is 17.0 Å². The zero-order valence-electron chi connectivity index (χ0n) is 14.5. The Bertz CT molecular complexity index is 1110. The number of aromatic hydroxyl groups is 1. The van der Waals surface area contributed by atoms with Gasteiger partial charge in [-0.15, -0.1) is 0 Å². The summed E-state index contributed by atoms with van der Waals surface area (Å²) < 4.78 is 6.05. The lowest BCUT2D eigenvalue weighted by molar-refractivity contribution is 0.475. The molecule has 1 heterocycles. The fourth-order valence-electron chi connectivity index (χ4n) is 2.94. The first-order valence-corrected chi connectivity index (χ1v) is 8.69. The van der Waals surface area contributed by atoms with E-state index >= 15 is 0 Å². The van der Waals surface area contributed by atoms with E-state index in [0.29, 0.717) is 5.58 Å². The first-order chi connectivity index (χ1) is 12.7. The molecule has 0 aliphatic heterocycles. The predicted molar refractivity (Wildman–Crippen MR) is 104 cm³/mol. The lowest BCUT2D eigenvalue weighted by Gasteiger charge is -2.06. The van der Waals surface area contributed by atoms with Crippen molar-refractivity contribution in [2.75, 3.05) is 0 Å². The van der Waals surface area contributed by atoms with Crippen LogP contribution in [0.2, 0.25) is 0 Å². The second kappa shape index (κ2) is 6.89. The molecule has 0 amide bonds. The molecule has 3 heteroatoms. The molecule has 0 aliphatic rings. The van der Waals surface area contributed by atoms with Crippen LogP contribution in [0.4, 0.5) is 5.69 Å². The Morgan fingerprint density at radius 3 is 2.38 bits per heavy atom. The summed E-state index contributed by atoms with van der Waals surface area (Å²) in [5.41, 5.74) is 3.82. The molecule has 0 saturated heterocycles. The Morgan fingerprint density at radius 2 is 1.65 bits per heavy atom. The van der Waals surface area contributed by atoms with Gasteiger partial charge < -0.3 is 9.52 Å². The van der Waals surface area contributed by atoms with Gasteiger partial charge in [-0.25, -0.2) is 4.99 Å². The summed E-state index contributed by atoms with van der Waals surface area (Å²) in [6, 6.07) is 25.2. The molecule has 0 unspecified atom stereocenters. The number of aryl methyl sites for hydroxylation is 1. The molecule has 26 heavy (non-hydrogen) atoms. The predicted octanol–water partition coefficient (Wildman–Crippen LogP) is 5.60. The second-order valence-electron chi connectivity index (χ2n) is 6.17. The van der Waals surface area contributed by atoms with Crippen molar-refractivity contribution in [2.45, 2.75) is 13.3 Å². The third-order valence-electron chi connectivity index (χ3n) is 4.38. The van der Waals surface area contributed by atoms with Gasteiger partial charge >= 0.3 is 0 Å². The van der Waals surface area contributed by atoms with Gasteiger partial charge in [-0.3, -0.25) is 0 Å². The third-order valence-corrected chi connectivity index (χ3v) is 4.38. The molecule has 0 radical (unpaired) electrons. The van der Waals surface area contributed by atoms with Gasteiger partial charge in [0.15, 0.2) is 0 Å². The first kappa shape index (κ1) is 16.2. The fraction of sp³-hybridized carbons (Fsp3) is 0.0870. The van der Waals surface area contributed by atoms with Crippen LogP contribution in [0, 0.1) is 0 Å². The molecule has 3 aromatic carbocycles. The number of phenols is 1. The van der Waals surface area contributed by atoms with Gasteiger partial charge in [0.25, 0.3) is 0 Å². The topological polar surface area (TPSA) is 45.7 Å². The summed E-state index contributed by atoms with van der Waals surface area (Å²) in [7, 11) is 0. The number of fused-ring (bicyclic) bond motifs is 1. The summed E-state index contributed by atoms with van der Waals surface area (Å²) >= 11 is 0. The monoisotopic (exact) mass is 341 g/mol. The first-order valence-electron chi connectivity index (χ1n) is 8.69. The maximum atomic E-state index is 9.89. The van der Waals surface area contributed by atoms with Gasteiger partial charge in [-0.05, 0) is 42.3 Å². The summed E-state index contributed by atoms with van der Waals surface area (Å²) in [4.78, 5) is 4.80. The number of phenolic OH excluding ortho intramolecular Hbond substituents is 1. The molecular weight excluding hydrogens is 322 g/mol. The van der Waals surface area contributed by atoms with Crippen molar-refractivity contribution >= 4 is 16.7 Å². The molecule has 128 valence electrons. The van der Waals surface area contributed by atoms with Gasteiger partial charge in [-0.2, -0.15) is 0 Å². The van der Waals surface area contributed by atoms with Gasteiger partial charge in [0.2, 0.25) is 0 Å². The van der Waals surface area contributed by atoms with Crippen LogP contribution >= 0.6 is 0 Å². The number of nitrogens with zero attached hydrogens (tertiary/aromatic N) is 1. The van der Waals surface area contributed by atoms with E-state index in [1.165, 1.54) is 5.56 Å². The zero-order valence-corrected chi connectivity index (χ0v) is 14.5. The summed E-state index contributed by atoms with van der Waals surface area (Å²) in [6.07, 6.45) is 0.999. The van der Waals surface area contributed by atoms with Gasteiger partial charge in [-0.1, -0.05) is 49.4 Å². The van der Waals surface area contributed by atoms with Crippen molar-refractivity contribution in [3.8, 4) is 17.1 Å². The average molecular weight is 341 g/mol. The van der Waals surface area contributed by atoms with E-state index in [4.69, 9.17) is 9.41 Å². The SMILES string of the molecule is CCc1ccc(N=c2cc(-c3ccccc3)oc3ccc(O)cc23)cc1. The van der Waals surface area contributed by atoms with E-state index in [1.54, 1.807) is 18.2 Å². The van der Waals surface area contributed by atoms with Crippen molar-refractivity contribution in [3.63, 3.8) is 0 Å². The number of benzene rings is 3. The van der Waals surface area contributed by atoms with Gasteiger partial charge in [0.05, 0.1) is 11.0 Å². The molecule has 0 spiro atoms. The van der Waals surface area contributed by atoms with Crippen LogP contribution in [0.3, 0.4) is 0 Å². The number of hydrogen-bond acceptors (Lipinski definition) is 3. The molecule has 0 aliphatic carbocycles.